The molecule has 98 valence electrons. The lowest BCUT2D eigenvalue weighted by atomic mass is 9.92. The minimum absolute atomic E-state index is 0.126. The Morgan fingerprint density at radius 3 is 2.50 bits per heavy atom. The zero-order chi connectivity index (χ0) is 13.0. The van der Waals surface area contributed by atoms with Crippen molar-refractivity contribution in [2.24, 2.45) is 5.84 Å². The van der Waals surface area contributed by atoms with E-state index in [1.807, 2.05) is 0 Å². The number of anilines is 1. The number of carbonyl (C=O) groups is 1. The van der Waals surface area contributed by atoms with Crippen molar-refractivity contribution in [2.75, 3.05) is 5.43 Å². The van der Waals surface area contributed by atoms with Crippen LogP contribution in [0.15, 0.2) is 24.3 Å². The van der Waals surface area contributed by atoms with E-state index in [2.05, 4.69) is 10.7 Å². The van der Waals surface area contributed by atoms with Crippen LogP contribution in [0.1, 0.15) is 36.0 Å². The van der Waals surface area contributed by atoms with E-state index in [1.54, 1.807) is 24.3 Å². The molecule has 1 amide bonds. The highest BCUT2D eigenvalue weighted by Crippen LogP contribution is 2.19. The van der Waals surface area contributed by atoms with Crippen LogP contribution < -0.4 is 16.6 Å². The number of nitrogens with two attached hydrogens (primary N) is 1. The number of aliphatic hydroxyl groups excluding tert-OH is 1. The topological polar surface area (TPSA) is 87.4 Å². The van der Waals surface area contributed by atoms with Gasteiger partial charge in [0.25, 0.3) is 5.91 Å². The maximum atomic E-state index is 12.0. The lowest BCUT2D eigenvalue weighted by Gasteiger charge is -2.28. The van der Waals surface area contributed by atoms with Crippen molar-refractivity contribution in [3.8, 4) is 0 Å². The molecule has 0 spiro atoms. The summed E-state index contributed by atoms with van der Waals surface area (Å²) in [6, 6.07) is 6.77. The number of hydrogen-bond donors (Lipinski definition) is 4. The average molecular weight is 249 g/mol. The SMILES string of the molecule is NNc1ccc(C(=O)NC2CCCCC2O)cc1. The Labute approximate surface area is 106 Å². The van der Waals surface area contributed by atoms with Crippen molar-refractivity contribution in [2.45, 2.75) is 37.8 Å². The Kier molecular flexibility index (Phi) is 4.17. The van der Waals surface area contributed by atoms with Gasteiger partial charge in [0.15, 0.2) is 0 Å². The minimum Gasteiger partial charge on any atom is -0.391 e. The normalized spacial score (nSPS) is 23.4. The van der Waals surface area contributed by atoms with Crippen molar-refractivity contribution in [3.63, 3.8) is 0 Å². The molecule has 1 saturated carbocycles. The van der Waals surface area contributed by atoms with Crippen molar-refractivity contribution in [1.82, 2.24) is 5.32 Å². The molecule has 2 unspecified atom stereocenters. The fourth-order valence-corrected chi connectivity index (χ4v) is 2.25. The first kappa shape index (κ1) is 12.9. The van der Waals surface area contributed by atoms with E-state index in [0.29, 0.717) is 5.56 Å². The third kappa shape index (κ3) is 3.00. The minimum atomic E-state index is -0.423. The highest BCUT2D eigenvalue weighted by molar-refractivity contribution is 5.94. The molecule has 1 fully saturated rings. The Balaban J connectivity index is 1.97. The molecule has 0 bridgehead atoms. The third-order valence-corrected chi connectivity index (χ3v) is 3.36. The van der Waals surface area contributed by atoms with Gasteiger partial charge < -0.3 is 15.8 Å². The quantitative estimate of drug-likeness (QED) is 0.475. The number of nitrogens with one attached hydrogen (secondary N) is 2. The second-order valence-electron chi connectivity index (χ2n) is 4.65. The number of benzene rings is 1. The van der Waals surface area contributed by atoms with Gasteiger partial charge in [-0.05, 0) is 37.1 Å². The number of hydrogen-bond acceptors (Lipinski definition) is 4. The highest BCUT2D eigenvalue weighted by atomic mass is 16.3. The summed E-state index contributed by atoms with van der Waals surface area (Å²) >= 11 is 0. The van der Waals surface area contributed by atoms with Crippen molar-refractivity contribution in [1.29, 1.82) is 0 Å². The van der Waals surface area contributed by atoms with Gasteiger partial charge in [0.2, 0.25) is 0 Å². The first-order valence-electron chi connectivity index (χ1n) is 6.26. The van der Waals surface area contributed by atoms with Crippen LogP contribution in [0.4, 0.5) is 5.69 Å². The number of rotatable bonds is 3. The molecule has 0 aliphatic heterocycles. The van der Waals surface area contributed by atoms with E-state index in [9.17, 15) is 9.90 Å². The van der Waals surface area contributed by atoms with Crippen LogP contribution in [-0.2, 0) is 0 Å². The van der Waals surface area contributed by atoms with Gasteiger partial charge in [-0.3, -0.25) is 10.6 Å². The number of hydrazine groups is 1. The van der Waals surface area contributed by atoms with Crippen molar-refractivity contribution in [3.05, 3.63) is 29.8 Å². The summed E-state index contributed by atoms with van der Waals surface area (Å²) in [7, 11) is 0. The van der Waals surface area contributed by atoms with E-state index >= 15 is 0 Å². The molecule has 0 aromatic heterocycles. The monoisotopic (exact) mass is 249 g/mol. The Hall–Kier alpha value is -1.59. The molecule has 2 rings (SSSR count). The van der Waals surface area contributed by atoms with Crippen LogP contribution in [0.2, 0.25) is 0 Å². The summed E-state index contributed by atoms with van der Waals surface area (Å²) in [4.78, 5) is 12.0. The molecule has 5 N–H and O–H groups in total. The molecule has 0 heterocycles. The van der Waals surface area contributed by atoms with E-state index in [-0.39, 0.29) is 11.9 Å². The average Bonchev–Trinajstić information content (AvgIpc) is 2.41. The van der Waals surface area contributed by atoms with E-state index in [0.717, 1.165) is 31.4 Å². The fraction of sp³-hybridized carbons (Fsp3) is 0.462. The van der Waals surface area contributed by atoms with Crippen LogP contribution in [0.3, 0.4) is 0 Å². The van der Waals surface area contributed by atoms with Gasteiger partial charge in [-0.25, -0.2) is 0 Å². The molecule has 1 aliphatic rings. The fourth-order valence-electron chi connectivity index (χ4n) is 2.25. The van der Waals surface area contributed by atoms with Crippen LogP contribution in [-0.4, -0.2) is 23.2 Å². The maximum absolute atomic E-state index is 12.0. The third-order valence-electron chi connectivity index (χ3n) is 3.36. The van der Waals surface area contributed by atoms with Gasteiger partial charge in [-0.1, -0.05) is 12.8 Å². The smallest absolute Gasteiger partial charge is 0.251 e. The molecule has 1 aromatic carbocycles. The zero-order valence-electron chi connectivity index (χ0n) is 10.2. The summed E-state index contributed by atoms with van der Waals surface area (Å²) in [6.07, 6.45) is 3.27. The van der Waals surface area contributed by atoms with Crippen molar-refractivity contribution >= 4 is 11.6 Å². The predicted molar refractivity (Wildman–Crippen MR) is 70.0 cm³/mol. The molecule has 2 atom stereocenters. The first-order chi connectivity index (χ1) is 8.70. The molecular weight excluding hydrogens is 230 g/mol. The number of nitrogen functional groups attached to an aromatic ring is 1. The highest BCUT2D eigenvalue weighted by Gasteiger charge is 2.24. The summed E-state index contributed by atoms with van der Waals surface area (Å²) in [5.74, 6) is 5.11. The van der Waals surface area contributed by atoms with Crippen LogP contribution in [0.25, 0.3) is 0 Å². The molecule has 1 aromatic rings. The lowest BCUT2D eigenvalue weighted by Crippen LogP contribution is -2.45. The molecule has 18 heavy (non-hydrogen) atoms. The first-order valence-corrected chi connectivity index (χ1v) is 6.26. The molecule has 1 aliphatic carbocycles. The van der Waals surface area contributed by atoms with Gasteiger partial charge >= 0.3 is 0 Å². The maximum Gasteiger partial charge on any atom is 0.251 e. The summed E-state index contributed by atoms with van der Waals surface area (Å²) in [6.45, 7) is 0. The number of carbonyl (C=O) groups excluding carboxylic acids is 1. The Bertz CT molecular complexity index is 405. The number of aliphatic hydroxyl groups is 1. The second-order valence-corrected chi connectivity index (χ2v) is 4.65. The van der Waals surface area contributed by atoms with E-state index < -0.39 is 6.10 Å². The largest absolute Gasteiger partial charge is 0.391 e. The summed E-state index contributed by atoms with van der Waals surface area (Å²) in [5, 5.41) is 12.7. The molecule has 0 radical (unpaired) electrons. The predicted octanol–water partition coefficient (Wildman–Crippen LogP) is 1.01. The van der Waals surface area contributed by atoms with Gasteiger partial charge in [0.05, 0.1) is 12.1 Å². The summed E-state index contributed by atoms with van der Waals surface area (Å²) in [5.41, 5.74) is 3.84. The molecule has 5 nitrogen and oxygen atoms in total. The van der Waals surface area contributed by atoms with E-state index in [4.69, 9.17) is 5.84 Å². The number of amides is 1. The van der Waals surface area contributed by atoms with Gasteiger partial charge in [0.1, 0.15) is 0 Å². The summed E-state index contributed by atoms with van der Waals surface area (Å²) < 4.78 is 0. The Morgan fingerprint density at radius 1 is 1.22 bits per heavy atom. The van der Waals surface area contributed by atoms with E-state index in [1.165, 1.54) is 0 Å². The van der Waals surface area contributed by atoms with Crippen molar-refractivity contribution < 1.29 is 9.90 Å². The zero-order valence-corrected chi connectivity index (χ0v) is 10.2. The van der Waals surface area contributed by atoms with Gasteiger partial charge in [0, 0.05) is 11.3 Å². The second kappa shape index (κ2) is 5.84. The van der Waals surface area contributed by atoms with Crippen LogP contribution in [0.5, 0.6) is 0 Å². The van der Waals surface area contributed by atoms with Crippen LogP contribution >= 0.6 is 0 Å². The molecule has 5 heteroatoms. The van der Waals surface area contributed by atoms with Crippen LogP contribution in [0, 0.1) is 0 Å². The van der Waals surface area contributed by atoms with Gasteiger partial charge in [-0.2, -0.15) is 0 Å². The lowest BCUT2D eigenvalue weighted by molar-refractivity contribution is 0.0717. The van der Waals surface area contributed by atoms with Gasteiger partial charge in [-0.15, -0.1) is 0 Å². The molecule has 0 saturated heterocycles. The Morgan fingerprint density at radius 2 is 1.89 bits per heavy atom. The molecular formula is C13H19N3O2. The standard InChI is InChI=1S/C13H19N3O2/c14-16-10-7-5-9(6-8-10)13(18)15-11-3-1-2-4-12(11)17/h5-8,11-12,16-17H,1-4,14H2,(H,15,18).